The van der Waals surface area contributed by atoms with Crippen LogP contribution in [0.1, 0.15) is 78.9 Å². The molecule has 14 heterocycles. The predicted octanol–water partition coefficient (Wildman–Crippen LogP) is 16.8. The molecule has 23 N–H and O–H groups in total. The average Bonchev–Trinajstić information content (AvgIpc) is 1.67. The Morgan fingerprint density at radius 1 is 0.611 bits per heavy atom. The first-order valence-electron chi connectivity index (χ1n) is 36.2. The minimum Gasteiger partial charge on any atom is -0.483 e. The van der Waals surface area contributed by atoms with Crippen molar-refractivity contribution in [1.29, 1.82) is 5.41 Å². The molecule has 711 valence electrons. The summed E-state index contributed by atoms with van der Waals surface area (Å²) in [5.74, 6) is 5.15. The van der Waals surface area contributed by atoms with Crippen LogP contribution in [-0.4, -0.2) is 164 Å². The Morgan fingerprint density at radius 2 is 1.05 bits per heavy atom. The van der Waals surface area contributed by atoms with E-state index in [-0.39, 0.29) is 48.9 Å². The number of nitrogens with zero attached hydrogens (tertiary/aromatic N) is 16. The lowest BCUT2D eigenvalue weighted by atomic mass is 10.3. The lowest BCUT2D eigenvalue weighted by Gasteiger charge is -2.17. The smallest absolute Gasteiger partial charge is 0.339 e. The molecule has 1 fully saturated rings. The van der Waals surface area contributed by atoms with Gasteiger partial charge in [-0.15, -0.1) is 4.98 Å². The number of methoxy groups -OCH3 is 2. The minimum atomic E-state index is -3.22. The van der Waals surface area contributed by atoms with Crippen LogP contribution in [0.3, 0.4) is 0 Å². The molecule has 0 spiro atoms. The van der Waals surface area contributed by atoms with E-state index in [0.29, 0.717) is 140 Å². The Hall–Kier alpha value is -9.88. The molecular weight excluding hydrogens is 2010 g/mol. The van der Waals surface area contributed by atoms with E-state index in [0.717, 1.165) is 41.0 Å². The first-order chi connectivity index (χ1) is 60.4. The average molecular weight is 2110 g/mol. The quantitative estimate of drug-likeness (QED) is 0.0109. The summed E-state index contributed by atoms with van der Waals surface area (Å²) in [4.78, 5) is 59.2. The van der Waals surface area contributed by atoms with Gasteiger partial charge in [-0.2, -0.15) is 4.73 Å². The van der Waals surface area contributed by atoms with Crippen LogP contribution in [0.5, 0.6) is 11.8 Å². The van der Waals surface area contributed by atoms with E-state index >= 15 is 0 Å². The van der Waals surface area contributed by atoms with Crippen molar-refractivity contribution < 1.29 is 47.1 Å². The van der Waals surface area contributed by atoms with Gasteiger partial charge in [-0.1, -0.05) is 118 Å². The third kappa shape index (κ3) is 48.9. The normalized spacial score (nSPS) is 11.3. The zero-order valence-corrected chi connectivity index (χ0v) is 82.6. The lowest BCUT2D eigenvalue weighted by Crippen LogP contribution is -2.33. The molecule has 2 atom stereocenters. The van der Waals surface area contributed by atoms with Crippen LogP contribution in [0.2, 0.25) is 45.2 Å². The lowest BCUT2D eigenvalue weighted by molar-refractivity contribution is -0.122. The Bertz CT molecular complexity index is 5870. The highest BCUT2D eigenvalue weighted by Crippen LogP contribution is 2.61. The number of nitrogens with one attached hydrogen (secondary N) is 3. The third-order valence-corrected chi connectivity index (χ3v) is 19.1. The van der Waals surface area contributed by atoms with E-state index < -0.39 is 27.2 Å². The maximum absolute atomic E-state index is 11.9. The number of pyridine rings is 9. The molecule has 0 bridgehead atoms. The number of nitrogens with two attached hydrogens (primary N) is 9. The highest BCUT2D eigenvalue weighted by atomic mass is 36.0. The first kappa shape index (κ1) is 121. The van der Waals surface area contributed by atoms with Crippen molar-refractivity contribution in [1.82, 2.24) is 77.1 Å². The van der Waals surface area contributed by atoms with Gasteiger partial charge in [0.15, 0.2) is 5.49 Å². The number of aromatic nitrogens is 13. The van der Waals surface area contributed by atoms with Crippen LogP contribution < -0.4 is 76.0 Å². The van der Waals surface area contributed by atoms with Crippen molar-refractivity contribution in [3.8, 4) is 11.8 Å². The van der Waals surface area contributed by atoms with Crippen molar-refractivity contribution in [2.45, 2.75) is 90.9 Å². The number of carboxylic acid groups (broad SMARTS) is 1. The molecule has 1 saturated heterocycles. The molecule has 1 aliphatic heterocycles. The Balaban J connectivity index is 0.00000142. The summed E-state index contributed by atoms with van der Waals surface area (Å²) in [5, 5.41) is 31.8. The fraction of sp³-hybridized carbons (Fsp3) is 0.260. The molecular formula is C77H99BCl12N28O10PS2. The molecule has 0 aliphatic carbocycles. The van der Waals surface area contributed by atoms with E-state index in [1.807, 2.05) is 71.0 Å². The molecule has 1 amide bonds. The molecule has 0 saturated carbocycles. The van der Waals surface area contributed by atoms with Crippen molar-refractivity contribution in [2.75, 3.05) is 81.7 Å². The number of hydrogen-bond donors (Lipinski definition) is 14. The van der Waals surface area contributed by atoms with Crippen LogP contribution in [0.15, 0.2) is 158 Å². The van der Waals surface area contributed by atoms with Gasteiger partial charge >= 0.3 is 5.20 Å². The van der Waals surface area contributed by atoms with Crippen LogP contribution in [0.25, 0.3) is 26.9 Å². The second kappa shape index (κ2) is 61.8. The number of carbonyl (C=O) groups excluding carboxylic acids is 1. The van der Waals surface area contributed by atoms with Gasteiger partial charge in [0, 0.05) is 118 Å². The second-order valence-electron chi connectivity index (χ2n) is 26.9. The molecule has 2 unspecified atom stereocenters. The summed E-state index contributed by atoms with van der Waals surface area (Å²) >= 11 is 65.4. The van der Waals surface area contributed by atoms with Gasteiger partial charge in [0.2, 0.25) is 24.0 Å². The Labute approximate surface area is 822 Å². The van der Waals surface area contributed by atoms with E-state index in [4.69, 9.17) is 197 Å². The minimum absolute atomic E-state index is 0. The van der Waals surface area contributed by atoms with Gasteiger partial charge in [-0.05, 0) is 179 Å². The number of rotatable bonds is 11. The van der Waals surface area contributed by atoms with E-state index in [9.17, 15) is 17.8 Å². The maximum Gasteiger partial charge on any atom is 0.339 e. The van der Waals surface area contributed by atoms with Gasteiger partial charge in [0.25, 0.3) is 12.3 Å². The Morgan fingerprint density at radius 3 is 1.47 bits per heavy atom. The number of halogens is 12. The number of anilines is 7. The number of aliphatic imine (C=N–C) groups is 1. The van der Waals surface area contributed by atoms with Crippen molar-refractivity contribution in [3.05, 3.63) is 232 Å². The number of nitrogen functional groups attached to an aromatic ring is 7. The fourth-order valence-corrected chi connectivity index (χ4v) is 11.3. The van der Waals surface area contributed by atoms with Gasteiger partial charge < -0.3 is 85.5 Å². The molecule has 54 heteroatoms. The molecule has 131 heavy (non-hydrogen) atoms. The number of amides is 1. The summed E-state index contributed by atoms with van der Waals surface area (Å²) < 4.78 is 57.1. The number of fused-ring (bicyclic) bond motifs is 4. The first-order valence-corrected chi connectivity index (χ1v) is 46.4. The maximum atomic E-state index is 11.9. The van der Waals surface area contributed by atoms with Crippen molar-refractivity contribution in [3.63, 3.8) is 0 Å². The van der Waals surface area contributed by atoms with Gasteiger partial charge in [0.1, 0.15) is 77.1 Å². The van der Waals surface area contributed by atoms with Gasteiger partial charge in [-0.3, -0.25) is 42.3 Å². The van der Waals surface area contributed by atoms with Crippen LogP contribution in [0.4, 0.5) is 52.4 Å². The number of ether oxygens (including phenoxy) is 3. The Kier molecular flexibility index (Phi) is 57.1. The number of hydrogen-bond acceptors (Lipinski definition) is 27. The summed E-state index contributed by atoms with van der Waals surface area (Å²) in [6.07, 6.45) is 16.0. The monoisotopic (exact) mass is 2100 g/mol. The third-order valence-electron chi connectivity index (χ3n) is 14.4. The summed E-state index contributed by atoms with van der Waals surface area (Å²) in [6.45, 7) is 20.7. The van der Waals surface area contributed by atoms with Crippen LogP contribution in [0, 0.1) is 12.0 Å². The van der Waals surface area contributed by atoms with Crippen LogP contribution >= 0.6 is 143 Å². The molecule has 13 aromatic rings. The molecule has 13 aromatic heterocycles. The summed E-state index contributed by atoms with van der Waals surface area (Å²) in [7, 11) is 4.61. The molecule has 1 aliphatic rings. The SMILES string of the molecule is C.C1CCOC1.CC(C)(C)S(=O)NCc1ncn2c(N)cc(Cl)cc12.CC(C)(C)S(N)=O.COc1ncn2c(N)cc(Cl)cc12.COc1ncn2c(N=CN(C)C)cc(Cl)cc12.N=c1cc(Cl)ccn1O.NCc1cc(Cl)cc(N)n1.Nc1cc(Cl)cc(CNC=O)n1.Nc1cc(Cl)cc2cncn12.Nc1cc(Cl)ccn1.O=CO.O=P(Cl)(Cl)Cl.[B].[C-]#[N+]c1cc(Cl)cc(N)n1. The second-order valence-corrected chi connectivity index (χ2v) is 41.3. The van der Waals surface area contributed by atoms with E-state index in [1.54, 1.807) is 150 Å². The zero-order valence-electron chi connectivity index (χ0n) is 71.0. The standard InChI is InChI=1S/C12H17ClN4OS.C11H13ClN4O.C8H8ClN3O.C7H8ClN3O.C7H6ClN3.C6H4ClN3.C6H8ClN3.C5H5ClN2O.C5H5ClN2.C4H11NOS.C4H8O.CH2O2.CH4.B.Cl3OP/c1-12(2,3)19(18)16-6-9-10-4-8(13)5-11(14)17(10)7-15-9;1-15(2)6-13-10-5-8(12)4-9-11(17-3)14-7-16(9)10;1-13-8-6-2-5(9)3-7(10)12(6)4-11-8;8-5-1-6(3-10-4-12)11-7(9)2-5;8-5-1-6-3-10-4-11(6)7(9)2-5;1-9-6-3-4(7)2-5(8)10-6;7-4-1-5(3-8)10-6(9)2-4;6-4-1-2-8(9)5(7)3-4;6-4-1-2-8-5(7)3-4;1-4(2,3)7(5)6;1-2-4-5-3-1;2-1-3;;;1-5(2,3)4/h4-5,7,16H,6,14H2,1-3H3;4-7H,1-3H3;2-4H,10H2,1H3;1-2,4H,3H2,(H2,9,11)(H,10,12);1-4H,9H2;2-3H,(H2,8,10);1-2H,3,8H2,(H2,9,10);1-3,7,9H;1-3H,(H2,7,8);5H2,1-3H3;1-4H2;1H,(H,2,3);1H4;;. The van der Waals surface area contributed by atoms with Gasteiger partial charge in [-0.25, -0.2) is 53.0 Å². The largest absolute Gasteiger partial charge is 0.483 e. The number of carbonyl (C=O) groups is 2. The fourth-order valence-electron chi connectivity index (χ4n) is 8.76. The van der Waals surface area contributed by atoms with Gasteiger partial charge in [0.05, 0.1) is 99.4 Å². The highest BCUT2D eigenvalue weighted by molar-refractivity contribution is 8.24. The van der Waals surface area contributed by atoms with Crippen molar-refractivity contribution in [2.24, 2.45) is 15.9 Å². The zero-order chi connectivity index (χ0) is 97.6. The molecule has 0 aromatic carbocycles. The van der Waals surface area contributed by atoms with E-state index in [1.165, 1.54) is 43.3 Å². The molecule has 14 rings (SSSR count). The molecule has 3 radical (unpaired) electrons. The highest BCUT2D eigenvalue weighted by Gasteiger charge is 2.21. The summed E-state index contributed by atoms with van der Waals surface area (Å²) in [5.41, 5.74) is 49.3. The molecule has 38 nitrogen and oxygen atoms in total. The van der Waals surface area contributed by atoms with E-state index in [2.05, 4.69) is 93.5 Å². The summed E-state index contributed by atoms with van der Waals surface area (Å²) in [6, 6.07) is 29.5. The van der Waals surface area contributed by atoms with Crippen LogP contribution in [-0.2, 0) is 60.5 Å². The predicted molar refractivity (Wildman–Crippen MR) is 536 cm³/mol. The topological polar surface area (TPSA) is 581 Å². The van der Waals surface area contributed by atoms with Crippen molar-refractivity contribution >= 4 is 267 Å². The number of imidazole rings is 4.